The van der Waals surface area contributed by atoms with Crippen LogP contribution in [-0.2, 0) is 6.54 Å². The Morgan fingerprint density at radius 2 is 2.00 bits per heavy atom. The molecule has 1 N–H and O–H groups in total. The zero-order valence-electron chi connectivity index (χ0n) is 13.1. The largest absolute Gasteiger partial charge is 0.497 e. The summed E-state index contributed by atoms with van der Waals surface area (Å²) >= 11 is 0. The second-order valence-corrected chi connectivity index (χ2v) is 5.40. The predicted molar refractivity (Wildman–Crippen MR) is 84.1 cm³/mol. The van der Waals surface area contributed by atoms with Crippen LogP contribution in [0, 0.1) is 5.92 Å². The van der Waals surface area contributed by atoms with Crippen LogP contribution in [0.1, 0.15) is 19.5 Å². The Morgan fingerprint density at radius 1 is 1.29 bits per heavy atom. The predicted octanol–water partition coefficient (Wildman–Crippen LogP) is 3.20. The summed E-state index contributed by atoms with van der Waals surface area (Å²) in [5.74, 6) is 1.46. The Bertz CT molecular complexity index is 549. The molecule has 0 amide bonds. The van der Waals surface area contributed by atoms with Crippen LogP contribution in [0.3, 0.4) is 0 Å². The van der Waals surface area contributed by atoms with Gasteiger partial charge in [-0.15, -0.1) is 0 Å². The standard InChI is InChI=1S/C16H23N3O2/c1-12(2)9-17-10-13-11-21-16(18-13)19(3)14-5-7-15(20-4)8-6-14/h5-8,11-12,17H,9-10H2,1-4H3. The fourth-order valence-corrected chi connectivity index (χ4v) is 1.94. The Labute approximate surface area is 125 Å². The molecular weight excluding hydrogens is 266 g/mol. The van der Waals surface area contributed by atoms with E-state index >= 15 is 0 Å². The number of benzene rings is 1. The highest BCUT2D eigenvalue weighted by Crippen LogP contribution is 2.24. The van der Waals surface area contributed by atoms with Gasteiger partial charge in [0.05, 0.1) is 12.8 Å². The van der Waals surface area contributed by atoms with E-state index in [1.54, 1.807) is 13.4 Å². The van der Waals surface area contributed by atoms with Gasteiger partial charge in [0, 0.05) is 19.3 Å². The van der Waals surface area contributed by atoms with Crippen molar-refractivity contribution in [2.75, 3.05) is 25.6 Å². The van der Waals surface area contributed by atoms with Crippen LogP contribution < -0.4 is 15.0 Å². The summed E-state index contributed by atoms with van der Waals surface area (Å²) in [6.45, 7) is 6.05. The van der Waals surface area contributed by atoms with Crippen molar-refractivity contribution in [3.8, 4) is 5.75 Å². The molecule has 0 atom stereocenters. The highest BCUT2D eigenvalue weighted by atomic mass is 16.5. The molecule has 21 heavy (non-hydrogen) atoms. The lowest BCUT2D eigenvalue weighted by Crippen LogP contribution is -2.19. The first-order valence-corrected chi connectivity index (χ1v) is 7.13. The van der Waals surface area contributed by atoms with Gasteiger partial charge >= 0.3 is 6.01 Å². The maximum absolute atomic E-state index is 5.54. The Kier molecular flexibility index (Phi) is 5.22. The van der Waals surface area contributed by atoms with Crippen molar-refractivity contribution in [3.63, 3.8) is 0 Å². The number of methoxy groups -OCH3 is 1. The molecular formula is C16H23N3O2. The highest BCUT2D eigenvalue weighted by molar-refractivity contribution is 5.56. The molecule has 0 aliphatic carbocycles. The van der Waals surface area contributed by atoms with Crippen molar-refractivity contribution < 1.29 is 9.15 Å². The van der Waals surface area contributed by atoms with Gasteiger partial charge in [-0.3, -0.25) is 4.90 Å². The minimum Gasteiger partial charge on any atom is -0.497 e. The van der Waals surface area contributed by atoms with Gasteiger partial charge in [0.15, 0.2) is 0 Å². The van der Waals surface area contributed by atoms with Crippen molar-refractivity contribution in [1.82, 2.24) is 10.3 Å². The first-order chi connectivity index (χ1) is 10.1. The summed E-state index contributed by atoms with van der Waals surface area (Å²) in [4.78, 5) is 6.40. The Balaban J connectivity index is 1.98. The Morgan fingerprint density at radius 3 is 2.62 bits per heavy atom. The monoisotopic (exact) mass is 289 g/mol. The summed E-state index contributed by atoms with van der Waals surface area (Å²) in [6, 6.07) is 8.36. The van der Waals surface area contributed by atoms with Crippen LogP contribution in [0.2, 0.25) is 0 Å². The summed E-state index contributed by atoms with van der Waals surface area (Å²) in [7, 11) is 3.59. The minimum atomic E-state index is 0.585. The molecule has 0 radical (unpaired) electrons. The van der Waals surface area contributed by atoms with E-state index in [4.69, 9.17) is 9.15 Å². The highest BCUT2D eigenvalue weighted by Gasteiger charge is 2.11. The molecule has 0 spiro atoms. The number of aromatic nitrogens is 1. The summed E-state index contributed by atoms with van der Waals surface area (Å²) < 4.78 is 10.7. The molecule has 0 fully saturated rings. The molecule has 5 nitrogen and oxygen atoms in total. The molecule has 114 valence electrons. The summed E-state index contributed by atoms with van der Waals surface area (Å²) in [5.41, 5.74) is 1.91. The number of rotatable bonds is 7. The van der Waals surface area contributed by atoms with Crippen LogP contribution >= 0.6 is 0 Å². The number of oxazole rings is 1. The van der Waals surface area contributed by atoms with E-state index < -0.39 is 0 Å². The van der Waals surface area contributed by atoms with E-state index in [-0.39, 0.29) is 0 Å². The average Bonchev–Trinajstić information content (AvgIpc) is 2.95. The van der Waals surface area contributed by atoms with Gasteiger partial charge < -0.3 is 14.5 Å². The fraction of sp³-hybridized carbons (Fsp3) is 0.438. The quantitative estimate of drug-likeness (QED) is 0.848. The van der Waals surface area contributed by atoms with Crippen molar-refractivity contribution in [1.29, 1.82) is 0 Å². The zero-order chi connectivity index (χ0) is 15.2. The SMILES string of the molecule is COc1ccc(N(C)c2nc(CNCC(C)C)co2)cc1. The molecule has 1 aromatic heterocycles. The van der Waals surface area contributed by atoms with Crippen molar-refractivity contribution >= 4 is 11.7 Å². The third-order valence-electron chi connectivity index (χ3n) is 3.14. The lowest BCUT2D eigenvalue weighted by Gasteiger charge is -2.14. The van der Waals surface area contributed by atoms with Crippen molar-refractivity contribution in [2.24, 2.45) is 5.92 Å². The molecule has 2 rings (SSSR count). The van der Waals surface area contributed by atoms with E-state index in [0.717, 1.165) is 30.2 Å². The topological polar surface area (TPSA) is 50.5 Å². The lowest BCUT2D eigenvalue weighted by atomic mass is 10.2. The first kappa shape index (κ1) is 15.4. The third kappa shape index (κ3) is 4.23. The molecule has 2 aromatic rings. The second kappa shape index (κ2) is 7.13. The average molecular weight is 289 g/mol. The molecule has 0 saturated heterocycles. The molecule has 0 unspecified atom stereocenters. The normalized spacial score (nSPS) is 10.9. The summed E-state index contributed by atoms with van der Waals surface area (Å²) in [5, 5.41) is 3.35. The van der Waals surface area contributed by atoms with E-state index in [0.29, 0.717) is 11.9 Å². The molecule has 0 bridgehead atoms. The molecule has 5 heteroatoms. The number of anilines is 2. The number of nitrogens with one attached hydrogen (secondary N) is 1. The number of hydrogen-bond donors (Lipinski definition) is 1. The van der Waals surface area contributed by atoms with Gasteiger partial charge in [-0.05, 0) is 36.7 Å². The number of nitrogens with zero attached hydrogens (tertiary/aromatic N) is 2. The lowest BCUT2D eigenvalue weighted by molar-refractivity contribution is 0.415. The molecule has 1 heterocycles. The minimum absolute atomic E-state index is 0.585. The van der Waals surface area contributed by atoms with Crippen LogP contribution in [0.25, 0.3) is 0 Å². The van der Waals surface area contributed by atoms with Crippen molar-refractivity contribution in [3.05, 3.63) is 36.2 Å². The van der Waals surface area contributed by atoms with E-state index in [1.807, 2.05) is 36.2 Å². The maximum atomic E-state index is 5.54. The Hall–Kier alpha value is -2.01. The summed E-state index contributed by atoms with van der Waals surface area (Å²) in [6.07, 6.45) is 1.70. The van der Waals surface area contributed by atoms with Gasteiger partial charge in [0.1, 0.15) is 12.0 Å². The van der Waals surface area contributed by atoms with Gasteiger partial charge in [-0.1, -0.05) is 13.8 Å². The smallest absolute Gasteiger partial charge is 0.301 e. The molecule has 1 aromatic carbocycles. The maximum Gasteiger partial charge on any atom is 0.301 e. The molecule has 0 saturated carbocycles. The van der Waals surface area contributed by atoms with Gasteiger partial charge in [0.25, 0.3) is 0 Å². The third-order valence-corrected chi connectivity index (χ3v) is 3.14. The van der Waals surface area contributed by atoms with E-state index in [9.17, 15) is 0 Å². The van der Waals surface area contributed by atoms with Crippen LogP contribution in [0.4, 0.5) is 11.7 Å². The fourth-order valence-electron chi connectivity index (χ4n) is 1.94. The number of hydrogen-bond acceptors (Lipinski definition) is 5. The number of ether oxygens (including phenoxy) is 1. The van der Waals surface area contributed by atoms with E-state index in [1.165, 1.54) is 0 Å². The first-order valence-electron chi connectivity index (χ1n) is 7.13. The molecule has 0 aliphatic rings. The van der Waals surface area contributed by atoms with Gasteiger partial charge in [-0.25, -0.2) is 0 Å². The second-order valence-electron chi connectivity index (χ2n) is 5.40. The zero-order valence-corrected chi connectivity index (χ0v) is 13.1. The van der Waals surface area contributed by atoms with Crippen LogP contribution in [0.5, 0.6) is 5.75 Å². The van der Waals surface area contributed by atoms with Crippen LogP contribution in [0.15, 0.2) is 34.9 Å². The molecule has 0 aliphatic heterocycles. The van der Waals surface area contributed by atoms with E-state index in [2.05, 4.69) is 24.1 Å². The van der Waals surface area contributed by atoms with Crippen molar-refractivity contribution in [2.45, 2.75) is 20.4 Å². The van der Waals surface area contributed by atoms with Gasteiger partial charge in [-0.2, -0.15) is 4.98 Å². The van der Waals surface area contributed by atoms with Crippen LogP contribution in [-0.4, -0.2) is 25.7 Å². The van der Waals surface area contributed by atoms with Gasteiger partial charge in [0.2, 0.25) is 0 Å².